The maximum atomic E-state index is 11.8. The van der Waals surface area contributed by atoms with Crippen LogP contribution >= 0.6 is 0 Å². The molecule has 0 aliphatic rings. The summed E-state index contributed by atoms with van der Waals surface area (Å²) in [5.41, 5.74) is 0.229. The van der Waals surface area contributed by atoms with Crippen molar-refractivity contribution < 1.29 is 14.3 Å². The Kier molecular flexibility index (Phi) is 4.11. The summed E-state index contributed by atoms with van der Waals surface area (Å²) >= 11 is 0. The molecule has 0 unspecified atom stereocenters. The molecular formula is C12H19N3O3. The Morgan fingerprint density at radius 1 is 1.44 bits per heavy atom. The van der Waals surface area contributed by atoms with Gasteiger partial charge in [-0.25, -0.2) is 4.79 Å². The highest BCUT2D eigenvalue weighted by atomic mass is 16.5. The number of ether oxygens (including phenoxy) is 1. The molecule has 1 amide bonds. The number of carbonyl (C=O) groups excluding carboxylic acids is 2. The van der Waals surface area contributed by atoms with Crippen LogP contribution in [0.4, 0.5) is 0 Å². The lowest BCUT2D eigenvalue weighted by Gasteiger charge is -2.18. The van der Waals surface area contributed by atoms with Crippen LogP contribution in [0.5, 0.6) is 0 Å². The predicted octanol–water partition coefficient (Wildman–Crippen LogP) is 0.929. The molecule has 1 atom stereocenters. The van der Waals surface area contributed by atoms with Crippen molar-refractivity contribution in [3.05, 3.63) is 18.0 Å². The fourth-order valence-electron chi connectivity index (χ4n) is 1.32. The number of nitrogens with one attached hydrogen (secondary N) is 1. The van der Waals surface area contributed by atoms with E-state index in [1.54, 1.807) is 17.8 Å². The zero-order chi connectivity index (χ0) is 13.9. The van der Waals surface area contributed by atoms with E-state index in [0.717, 1.165) is 0 Å². The van der Waals surface area contributed by atoms with Gasteiger partial charge in [-0.15, -0.1) is 0 Å². The minimum atomic E-state index is -0.680. The maximum absolute atomic E-state index is 11.8. The number of nitrogens with zero attached hydrogens (tertiary/aromatic N) is 2. The van der Waals surface area contributed by atoms with Crippen LogP contribution in [0.2, 0.25) is 0 Å². The smallest absolute Gasteiger partial charge is 0.328 e. The fraction of sp³-hybridized carbons (Fsp3) is 0.583. The Bertz CT molecular complexity index is 446. The number of amides is 1. The van der Waals surface area contributed by atoms with Gasteiger partial charge in [-0.1, -0.05) is 0 Å². The molecule has 6 heteroatoms. The highest BCUT2D eigenvalue weighted by Gasteiger charge is 2.20. The summed E-state index contributed by atoms with van der Waals surface area (Å²) in [5, 5.41) is 6.67. The van der Waals surface area contributed by atoms with Gasteiger partial charge in [-0.05, 0) is 27.7 Å². The Labute approximate surface area is 106 Å². The van der Waals surface area contributed by atoms with Crippen molar-refractivity contribution in [1.29, 1.82) is 0 Å². The van der Waals surface area contributed by atoms with Gasteiger partial charge in [-0.2, -0.15) is 5.10 Å². The molecule has 0 aliphatic carbocycles. The summed E-state index contributed by atoms with van der Waals surface area (Å²) in [5.74, 6) is -0.824. The van der Waals surface area contributed by atoms with Gasteiger partial charge in [-0.3, -0.25) is 9.48 Å². The molecule has 18 heavy (non-hydrogen) atoms. The second-order valence-corrected chi connectivity index (χ2v) is 5.06. The molecule has 0 aromatic carbocycles. The highest BCUT2D eigenvalue weighted by molar-refractivity contribution is 5.96. The van der Waals surface area contributed by atoms with E-state index in [1.807, 2.05) is 20.8 Å². The van der Waals surface area contributed by atoms with E-state index in [2.05, 4.69) is 15.2 Å². The standard InChI is InChI=1S/C12H19N3O3/c1-8(11(17)18-5)14-10(16)9-6-13-15(7-9)12(2,3)4/h6-8H,1-5H3,(H,14,16)/t8-/m0/s1. The molecule has 0 saturated heterocycles. The van der Waals surface area contributed by atoms with Crippen molar-refractivity contribution in [2.45, 2.75) is 39.3 Å². The quantitative estimate of drug-likeness (QED) is 0.813. The third-order valence-electron chi connectivity index (χ3n) is 2.43. The van der Waals surface area contributed by atoms with Crippen LogP contribution in [0.3, 0.4) is 0 Å². The average Bonchev–Trinajstić information content (AvgIpc) is 2.76. The third-order valence-corrected chi connectivity index (χ3v) is 2.43. The molecule has 100 valence electrons. The summed E-state index contributed by atoms with van der Waals surface area (Å²) in [6.45, 7) is 7.52. The lowest BCUT2D eigenvalue weighted by Crippen LogP contribution is -2.39. The monoisotopic (exact) mass is 253 g/mol. The number of carbonyl (C=O) groups is 2. The lowest BCUT2D eigenvalue weighted by atomic mass is 10.1. The first-order valence-corrected chi connectivity index (χ1v) is 5.69. The van der Waals surface area contributed by atoms with Gasteiger partial charge in [0.05, 0.1) is 24.4 Å². The molecule has 6 nitrogen and oxygen atoms in total. The van der Waals surface area contributed by atoms with Crippen LogP contribution in [0.25, 0.3) is 0 Å². The third kappa shape index (κ3) is 3.32. The predicted molar refractivity (Wildman–Crippen MR) is 66.2 cm³/mol. The van der Waals surface area contributed by atoms with Crippen LogP contribution in [-0.2, 0) is 15.1 Å². The second kappa shape index (κ2) is 5.20. The first-order chi connectivity index (χ1) is 8.25. The molecule has 1 rings (SSSR count). The molecule has 0 spiro atoms. The molecule has 1 aromatic rings. The Morgan fingerprint density at radius 3 is 2.50 bits per heavy atom. The Hall–Kier alpha value is -1.85. The Morgan fingerprint density at radius 2 is 2.06 bits per heavy atom. The van der Waals surface area contributed by atoms with Crippen LogP contribution in [0.1, 0.15) is 38.1 Å². The number of esters is 1. The van der Waals surface area contributed by atoms with Crippen LogP contribution in [0.15, 0.2) is 12.4 Å². The summed E-state index contributed by atoms with van der Waals surface area (Å²) < 4.78 is 6.23. The van der Waals surface area contributed by atoms with Gasteiger partial charge in [0, 0.05) is 6.20 Å². The van der Waals surface area contributed by atoms with E-state index in [4.69, 9.17) is 0 Å². The van der Waals surface area contributed by atoms with Gasteiger partial charge in [0.25, 0.3) is 5.91 Å². The fourth-order valence-corrected chi connectivity index (χ4v) is 1.32. The van der Waals surface area contributed by atoms with Gasteiger partial charge in [0.15, 0.2) is 0 Å². The normalized spacial score (nSPS) is 12.9. The molecule has 0 fully saturated rings. The van der Waals surface area contributed by atoms with E-state index in [1.165, 1.54) is 13.3 Å². The number of hydrogen-bond acceptors (Lipinski definition) is 4. The number of hydrogen-bond donors (Lipinski definition) is 1. The van der Waals surface area contributed by atoms with Crippen molar-refractivity contribution >= 4 is 11.9 Å². The minimum Gasteiger partial charge on any atom is -0.467 e. The van der Waals surface area contributed by atoms with Gasteiger partial charge in [0.2, 0.25) is 0 Å². The summed E-state index contributed by atoms with van der Waals surface area (Å²) in [7, 11) is 1.28. The topological polar surface area (TPSA) is 73.2 Å². The molecular weight excluding hydrogens is 234 g/mol. The zero-order valence-electron chi connectivity index (χ0n) is 11.4. The second-order valence-electron chi connectivity index (χ2n) is 5.06. The first kappa shape index (κ1) is 14.2. The summed E-state index contributed by atoms with van der Waals surface area (Å²) in [4.78, 5) is 23.0. The SMILES string of the molecule is COC(=O)[C@H](C)NC(=O)c1cnn(C(C)(C)C)c1. The van der Waals surface area contributed by atoms with Gasteiger partial charge in [0.1, 0.15) is 6.04 Å². The van der Waals surface area contributed by atoms with E-state index in [-0.39, 0.29) is 11.4 Å². The Balaban J connectivity index is 2.74. The maximum Gasteiger partial charge on any atom is 0.328 e. The van der Waals surface area contributed by atoms with Crippen molar-refractivity contribution in [1.82, 2.24) is 15.1 Å². The molecule has 0 bridgehead atoms. The van der Waals surface area contributed by atoms with Gasteiger partial charge < -0.3 is 10.1 Å². The van der Waals surface area contributed by atoms with Crippen molar-refractivity contribution in [2.24, 2.45) is 0 Å². The van der Waals surface area contributed by atoms with Gasteiger partial charge >= 0.3 is 5.97 Å². The van der Waals surface area contributed by atoms with E-state index in [9.17, 15) is 9.59 Å². The average molecular weight is 253 g/mol. The molecule has 1 N–H and O–H groups in total. The van der Waals surface area contributed by atoms with Crippen molar-refractivity contribution in [2.75, 3.05) is 7.11 Å². The molecule has 0 saturated carbocycles. The summed E-state index contributed by atoms with van der Waals surface area (Å²) in [6, 6.07) is -0.680. The lowest BCUT2D eigenvalue weighted by molar-refractivity contribution is -0.142. The van der Waals surface area contributed by atoms with E-state index >= 15 is 0 Å². The van der Waals surface area contributed by atoms with E-state index in [0.29, 0.717) is 5.56 Å². The van der Waals surface area contributed by atoms with Crippen LogP contribution in [-0.4, -0.2) is 34.8 Å². The van der Waals surface area contributed by atoms with Crippen LogP contribution < -0.4 is 5.32 Å². The zero-order valence-corrected chi connectivity index (χ0v) is 11.4. The van der Waals surface area contributed by atoms with Crippen molar-refractivity contribution in [3.63, 3.8) is 0 Å². The number of rotatable bonds is 3. The molecule has 0 aliphatic heterocycles. The molecule has 1 aromatic heterocycles. The summed E-state index contributed by atoms with van der Waals surface area (Å²) in [6.07, 6.45) is 3.13. The molecule has 1 heterocycles. The van der Waals surface area contributed by atoms with Crippen molar-refractivity contribution in [3.8, 4) is 0 Å². The number of aromatic nitrogens is 2. The van der Waals surface area contributed by atoms with E-state index < -0.39 is 12.0 Å². The minimum absolute atomic E-state index is 0.188. The first-order valence-electron chi connectivity index (χ1n) is 5.69. The number of methoxy groups -OCH3 is 1. The van der Waals surface area contributed by atoms with Crippen LogP contribution in [0, 0.1) is 0 Å². The highest BCUT2D eigenvalue weighted by Crippen LogP contribution is 2.13. The molecule has 0 radical (unpaired) electrons. The largest absolute Gasteiger partial charge is 0.467 e.